The molecule has 170 valence electrons. The van der Waals surface area contributed by atoms with Crippen molar-refractivity contribution in [1.29, 1.82) is 0 Å². The van der Waals surface area contributed by atoms with Crippen LogP contribution < -0.4 is 19.5 Å². The molecule has 0 aliphatic carbocycles. The van der Waals surface area contributed by atoms with E-state index in [4.69, 9.17) is 33.5 Å². The molecule has 3 aliphatic heterocycles. The molecule has 14 heteroatoms. The van der Waals surface area contributed by atoms with Crippen LogP contribution in [0.25, 0.3) is 0 Å². The van der Waals surface area contributed by atoms with Crippen molar-refractivity contribution in [3.63, 3.8) is 0 Å². The van der Waals surface area contributed by atoms with Gasteiger partial charge in [-0.15, -0.1) is 0 Å². The molecule has 0 saturated carbocycles. The molecule has 14 nitrogen and oxygen atoms in total. The second-order valence-electron chi connectivity index (χ2n) is 7.25. The van der Waals surface area contributed by atoms with Crippen LogP contribution in [0.2, 0.25) is 0 Å². The lowest BCUT2D eigenvalue weighted by molar-refractivity contribution is -0.143. The first-order chi connectivity index (χ1) is 15.6. The monoisotopic (exact) mass is 449 g/mol. The van der Waals surface area contributed by atoms with E-state index < -0.39 is 36.7 Å². The Labute approximate surface area is 180 Å². The van der Waals surface area contributed by atoms with Crippen molar-refractivity contribution in [1.82, 2.24) is 25.5 Å². The van der Waals surface area contributed by atoms with E-state index in [2.05, 4.69) is 20.8 Å². The number of aliphatic carboxylic acids is 1. The highest BCUT2D eigenvalue weighted by Gasteiger charge is 2.50. The number of rotatable bonds is 8. The van der Waals surface area contributed by atoms with Gasteiger partial charge in [0.1, 0.15) is 37.2 Å². The molecule has 2 N–H and O–H groups in total. The van der Waals surface area contributed by atoms with Gasteiger partial charge in [0.25, 0.3) is 0 Å². The molecule has 2 aromatic rings. The van der Waals surface area contributed by atoms with E-state index in [0.29, 0.717) is 17.2 Å². The average molecular weight is 449 g/mol. The molecule has 0 radical (unpaired) electrons. The van der Waals surface area contributed by atoms with Crippen LogP contribution in [0.5, 0.6) is 23.3 Å². The summed E-state index contributed by atoms with van der Waals surface area (Å²) in [5, 5.41) is 23.0. The van der Waals surface area contributed by atoms with Crippen LogP contribution in [-0.2, 0) is 23.8 Å². The van der Waals surface area contributed by atoms with Crippen LogP contribution in [0.15, 0.2) is 18.2 Å². The third kappa shape index (κ3) is 4.02. The number of hydrogen-bond acceptors (Lipinski definition) is 11. The van der Waals surface area contributed by atoms with Gasteiger partial charge in [0, 0.05) is 6.07 Å². The third-order valence-corrected chi connectivity index (χ3v) is 5.16. The Morgan fingerprint density at radius 2 is 2.00 bits per heavy atom. The SMILES string of the molecule is O=C(O)COCC(=O)N[C@H]1CO[C@H]2[C@H]1OC[C@H]2n1nnnc1Oc1ccc2c(c1)OCO2. The first-order valence-electron chi connectivity index (χ1n) is 9.76. The molecule has 2 fully saturated rings. The van der Waals surface area contributed by atoms with Gasteiger partial charge in [-0.1, -0.05) is 5.10 Å². The Balaban J connectivity index is 1.22. The fraction of sp³-hybridized carbons (Fsp3) is 0.500. The van der Waals surface area contributed by atoms with Crippen LogP contribution in [0, 0.1) is 0 Å². The van der Waals surface area contributed by atoms with Gasteiger partial charge in [-0.25, -0.2) is 4.79 Å². The number of tetrazole rings is 1. The first-order valence-corrected chi connectivity index (χ1v) is 9.76. The van der Waals surface area contributed by atoms with Gasteiger partial charge in [0.05, 0.1) is 19.3 Å². The smallest absolute Gasteiger partial charge is 0.341 e. The lowest BCUT2D eigenvalue weighted by atomic mass is 10.1. The molecule has 1 aromatic heterocycles. The molecule has 4 atom stereocenters. The summed E-state index contributed by atoms with van der Waals surface area (Å²) in [5.41, 5.74) is 0. The minimum Gasteiger partial charge on any atom is -0.480 e. The molecule has 3 aliphatic rings. The van der Waals surface area contributed by atoms with Gasteiger partial charge < -0.3 is 38.8 Å². The molecule has 0 spiro atoms. The van der Waals surface area contributed by atoms with Gasteiger partial charge in [0.2, 0.25) is 12.7 Å². The molecular weight excluding hydrogens is 430 g/mol. The summed E-state index contributed by atoms with van der Waals surface area (Å²) >= 11 is 0. The lowest BCUT2D eigenvalue weighted by Crippen LogP contribution is -2.45. The average Bonchev–Trinajstić information content (AvgIpc) is 3.53. The van der Waals surface area contributed by atoms with E-state index in [0.717, 1.165) is 0 Å². The summed E-state index contributed by atoms with van der Waals surface area (Å²) in [4.78, 5) is 22.5. The van der Waals surface area contributed by atoms with E-state index in [9.17, 15) is 9.59 Å². The highest BCUT2D eigenvalue weighted by Crippen LogP contribution is 2.38. The quantitative estimate of drug-likeness (QED) is 0.512. The van der Waals surface area contributed by atoms with E-state index >= 15 is 0 Å². The summed E-state index contributed by atoms with van der Waals surface area (Å²) in [6.07, 6.45) is -0.839. The van der Waals surface area contributed by atoms with Gasteiger partial charge in [0.15, 0.2) is 11.5 Å². The van der Waals surface area contributed by atoms with Crippen LogP contribution in [0.1, 0.15) is 6.04 Å². The standard InChI is InChI=1S/C18H19N5O9/c24-14(6-27-7-15(25)26)19-10-4-28-17-11(5-29-16(10)17)23-18(20-21-22-23)32-9-1-2-12-13(3-9)31-8-30-12/h1-3,10-11,16-17H,4-8H2,(H,19,24)(H,25,26)/t10-,11+,16-,17+/m0/s1. The number of aromatic nitrogens is 4. The normalized spacial score (nSPS) is 25.5. The Bertz CT molecular complexity index is 1010. The molecular formula is C18H19N5O9. The molecule has 5 rings (SSSR count). The number of fused-ring (bicyclic) bond motifs is 2. The van der Waals surface area contributed by atoms with Crippen LogP contribution in [0.3, 0.4) is 0 Å². The second-order valence-corrected chi connectivity index (χ2v) is 7.25. The maximum absolute atomic E-state index is 12.0. The summed E-state index contributed by atoms with van der Waals surface area (Å²) in [6.45, 7) is -0.300. The number of nitrogens with zero attached hydrogens (tertiary/aromatic N) is 4. The van der Waals surface area contributed by atoms with Crippen molar-refractivity contribution in [2.75, 3.05) is 33.2 Å². The van der Waals surface area contributed by atoms with Crippen LogP contribution >= 0.6 is 0 Å². The fourth-order valence-electron chi connectivity index (χ4n) is 3.80. The number of carbonyl (C=O) groups excluding carboxylic acids is 1. The van der Waals surface area contributed by atoms with Crippen LogP contribution in [-0.4, -0.2) is 88.7 Å². The first kappa shape index (κ1) is 20.4. The number of nitrogens with one attached hydrogen (secondary N) is 1. The fourth-order valence-corrected chi connectivity index (χ4v) is 3.80. The molecule has 0 bridgehead atoms. The molecule has 1 aromatic carbocycles. The van der Waals surface area contributed by atoms with E-state index in [1.54, 1.807) is 18.2 Å². The van der Waals surface area contributed by atoms with Crippen molar-refractivity contribution >= 4 is 11.9 Å². The maximum atomic E-state index is 12.0. The summed E-state index contributed by atoms with van der Waals surface area (Å²) in [6, 6.07) is 4.49. The topological polar surface area (TPSA) is 165 Å². The number of hydrogen-bond donors (Lipinski definition) is 2. The van der Waals surface area contributed by atoms with E-state index in [1.165, 1.54) is 4.68 Å². The number of carboxylic acids is 1. The number of carbonyl (C=O) groups is 2. The van der Waals surface area contributed by atoms with Gasteiger partial charge in [-0.3, -0.25) is 4.79 Å². The minimum absolute atomic E-state index is 0.149. The maximum Gasteiger partial charge on any atom is 0.341 e. The molecule has 32 heavy (non-hydrogen) atoms. The van der Waals surface area contributed by atoms with Crippen molar-refractivity contribution in [3.8, 4) is 23.3 Å². The van der Waals surface area contributed by atoms with Crippen molar-refractivity contribution in [3.05, 3.63) is 18.2 Å². The molecule has 2 saturated heterocycles. The Morgan fingerprint density at radius 3 is 2.88 bits per heavy atom. The molecule has 4 heterocycles. The summed E-state index contributed by atoms with van der Waals surface area (Å²) in [7, 11) is 0. The van der Waals surface area contributed by atoms with Crippen molar-refractivity contribution in [2.24, 2.45) is 0 Å². The zero-order valence-electron chi connectivity index (χ0n) is 16.6. The van der Waals surface area contributed by atoms with Crippen molar-refractivity contribution < 1.29 is 43.1 Å². The Morgan fingerprint density at radius 1 is 1.16 bits per heavy atom. The van der Waals surface area contributed by atoms with Crippen LogP contribution in [0.4, 0.5) is 0 Å². The Kier molecular flexibility index (Phi) is 5.46. The van der Waals surface area contributed by atoms with Gasteiger partial charge >= 0.3 is 12.0 Å². The lowest BCUT2D eigenvalue weighted by Gasteiger charge is -2.18. The summed E-state index contributed by atoms with van der Waals surface area (Å²) in [5.74, 6) is 0.0614. The highest BCUT2D eigenvalue weighted by atomic mass is 16.7. The molecule has 0 unspecified atom stereocenters. The number of ether oxygens (including phenoxy) is 6. The van der Waals surface area contributed by atoms with Gasteiger partial charge in [-0.05, 0) is 22.6 Å². The predicted molar refractivity (Wildman–Crippen MR) is 99.4 cm³/mol. The third-order valence-electron chi connectivity index (χ3n) is 5.16. The largest absolute Gasteiger partial charge is 0.480 e. The predicted octanol–water partition coefficient (Wildman–Crippen LogP) is -0.881. The van der Waals surface area contributed by atoms with E-state index in [-0.39, 0.29) is 38.7 Å². The van der Waals surface area contributed by atoms with Gasteiger partial charge in [-0.2, -0.15) is 4.68 Å². The Hall–Kier alpha value is -3.49. The summed E-state index contributed by atoms with van der Waals surface area (Å²) < 4.78 is 34.5. The zero-order chi connectivity index (χ0) is 22.1. The number of benzene rings is 1. The zero-order valence-corrected chi connectivity index (χ0v) is 16.6. The highest BCUT2D eigenvalue weighted by molar-refractivity contribution is 5.78. The molecule has 1 amide bonds. The second kappa shape index (κ2) is 8.57. The minimum atomic E-state index is -1.15. The van der Waals surface area contributed by atoms with E-state index in [1.807, 2.05) is 0 Å². The number of carboxylic acid groups (broad SMARTS) is 1. The van der Waals surface area contributed by atoms with Crippen molar-refractivity contribution in [2.45, 2.75) is 24.3 Å². The number of amides is 1.